The molecule has 2 aromatic heterocycles. The van der Waals surface area contributed by atoms with Gasteiger partial charge in [-0.3, -0.25) is 4.79 Å². The standard InChI is InChI=1S/C23H19N3O3S/c1-3-15-29-18-13-11-17(12-14-18)21-24-23-26(25-21)22(27)20(30-23)10-6-8-16-7-4-5-9-19(16)28-2/h3-14H,1,15H2,2H3/b8-6+,20-10-. The van der Waals surface area contributed by atoms with E-state index in [0.717, 1.165) is 22.6 Å². The molecule has 0 N–H and O–H groups in total. The Labute approximate surface area is 177 Å². The van der Waals surface area contributed by atoms with E-state index in [2.05, 4.69) is 16.7 Å². The molecule has 150 valence electrons. The summed E-state index contributed by atoms with van der Waals surface area (Å²) >= 11 is 1.30. The number of hydrogen-bond donors (Lipinski definition) is 0. The van der Waals surface area contributed by atoms with Gasteiger partial charge in [-0.05, 0) is 36.4 Å². The van der Waals surface area contributed by atoms with Gasteiger partial charge in [0.1, 0.15) is 18.1 Å². The highest BCUT2D eigenvalue weighted by Crippen LogP contribution is 2.21. The van der Waals surface area contributed by atoms with Crippen LogP contribution in [0, 0.1) is 0 Å². The zero-order valence-electron chi connectivity index (χ0n) is 16.3. The fourth-order valence-corrected chi connectivity index (χ4v) is 3.73. The van der Waals surface area contributed by atoms with Gasteiger partial charge in [0.05, 0.1) is 11.6 Å². The van der Waals surface area contributed by atoms with Gasteiger partial charge in [0.25, 0.3) is 5.56 Å². The van der Waals surface area contributed by atoms with Crippen LogP contribution in [0.2, 0.25) is 0 Å². The van der Waals surface area contributed by atoms with Gasteiger partial charge in [-0.2, -0.15) is 9.50 Å². The van der Waals surface area contributed by atoms with Gasteiger partial charge in [0.15, 0.2) is 5.82 Å². The topological polar surface area (TPSA) is 65.7 Å². The van der Waals surface area contributed by atoms with Crippen LogP contribution in [-0.4, -0.2) is 28.3 Å². The Balaban J connectivity index is 1.59. The molecule has 0 radical (unpaired) electrons. The lowest BCUT2D eigenvalue weighted by molar-refractivity contribution is 0.363. The fraction of sp³-hybridized carbons (Fsp3) is 0.0870. The minimum absolute atomic E-state index is 0.190. The largest absolute Gasteiger partial charge is 0.496 e. The third-order valence-corrected chi connectivity index (χ3v) is 5.30. The molecule has 30 heavy (non-hydrogen) atoms. The number of rotatable bonds is 7. The van der Waals surface area contributed by atoms with Crippen molar-refractivity contribution in [3.63, 3.8) is 0 Å². The Bertz CT molecular complexity index is 1320. The summed E-state index contributed by atoms with van der Waals surface area (Å²) in [6, 6.07) is 15.1. The summed E-state index contributed by atoms with van der Waals surface area (Å²) in [6.07, 6.45) is 7.18. The summed E-state index contributed by atoms with van der Waals surface area (Å²) < 4.78 is 12.7. The maximum Gasteiger partial charge on any atom is 0.291 e. The first kappa shape index (κ1) is 19.6. The van der Waals surface area contributed by atoms with Crippen LogP contribution in [0.5, 0.6) is 11.5 Å². The molecule has 0 bridgehead atoms. The summed E-state index contributed by atoms with van der Waals surface area (Å²) in [5, 5.41) is 4.37. The van der Waals surface area contributed by atoms with Crippen molar-refractivity contribution in [1.29, 1.82) is 0 Å². The zero-order valence-corrected chi connectivity index (χ0v) is 17.1. The third-order valence-electron chi connectivity index (χ3n) is 4.32. The SMILES string of the molecule is C=CCOc1ccc(-c2nc3s/c(=C\C=C\c4ccccc4OC)c(=O)n3n2)cc1. The summed E-state index contributed by atoms with van der Waals surface area (Å²) in [4.78, 5) is 17.7. The maximum atomic E-state index is 12.7. The first-order valence-corrected chi connectivity index (χ1v) is 10.1. The van der Waals surface area contributed by atoms with E-state index in [-0.39, 0.29) is 5.56 Å². The number of methoxy groups -OCH3 is 1. The molecule has 7 heteroatoms. The molecule has 2 heterocycles. The number of nitrogens with zero attached hydrogens (tertiary/aromatic N) is 3. The van der Waals surface area contributed by atoms with Crippen molar-refractivity contribution < 1.29 is 9.47 Å². The number of thiazole rings is 1. The number of allylic oxidation sites excluding steroid dienone is 1. The van der Waals surface area contributed by atoms with Crippen molar-refractivity contribution in [3.8, 4) is 22.9 Å². The Kier molecular flexibility index (Phi) is 5.72. The first-order chi connectivity index (χ1) is 14.7. The zero-order chi connectivity index (χ0) is 20.9. The van der Waals surface area contributed by atoms with E-state index < -0.39 is 0 Å². The van der Waals surface area contributed by atoms with Crippen LogP contribution in [-0.2, 0) is 0 Å². The molecule has 0 fully saturated rings. The maximum absolute atomic E-state index is 12.7. The van der Waals surface area contributed by atoms with E-state index in [1.165, 1.54) is 15.9 Å². The summed E-state index contributed by atoms with van der Waals surface area (Å²) in [6.45, 7) is 4.07. The molecule has 0 aliphatic carbocycles. The Morgan fingerprint density at radius 2 is 1.97 bits per heavy atom. The number of benzene rings is 2. The molecule has 0 spiro atoms. The van der Waals surface area contributed by atoms with Crippen LogP contribution >= 0.6 is 11.3 Å². The minimum atomic E-state index is -0.190. The van der Waals surface area contributed by atoms with Gasteiger partial charge in [-0.1, -0.05) is 54.3 Å². The predicted octanol–water partition coefficient (Wildman–Crippen LogP) is 3.60. The highest BCUT2D eigenvalue weighted by atomic mass is 32.1. The molecule has 0 aliphatic heterocycles. The summed E-state index contributed by atoms with van der Waals surface area (Å²) in [5.74, 6) is 2.02. The van der Waals surface area contributed by atoms with Crippen LogP contribution in [0.25, 0.3) is 28.5 Å². The Hall–Kier alpha value is -3.71. The second kappa shape index (κ2) is 8.75. The molecule has 4 aromatic rings. The summed E-state index contributed by atoms with van der Waals surface area (Å²) in [7, 11) is 1.63. The van der Waals surface area contributed by atoms with Gasteiger partial charge in [0.2, 0.25) is 4.96 Å². The van der Waals surface area contributed by atoms with Gasteiger partial charge in [-0.15, -0.1) is 5.10 Å². The fourth-order valence-electron chi connectivity index (χ4n) is 2.87. The number of para-hydroxylation sites is 1. The number of aromatic nitrogens is 3. The lowest BCUT2D eigenvalue weighted by Gasteiger charge is -2.02. The Morgan fingerprint density at radius 1 is 1.17 bits per heavy atom. The van der Waals surface area contributed by atoms with Gasteiger partial charge >= 0.3 is 0 Å². The molecule has 6 nitrogen and oxygen atoms in total. The molecule has 4 rings (SSSR count). The monoisotopic (exact) mass is 417 g/mol. The van der Waals surface area contributed by atoms with Crippen molar-refractivity contribution >= 4 is 28.4 Å². The Morgan fingerprint density at radius 3 is 2.70 bits per heavy atom. The third kappa shape index (κ3) is 4.01. The second-order valence-corrected chi connectivity index (χ2v) is 7.30. The molecule has 0 unspecified atom stereocenters. The van der Waals surface area contributed by atoms with E-state index in [9.17, 15) is 4.79 Å². The summed E-state index contributed by atoms with van der Waals surface area (Å²) in [5.41, 5.74) is 1.56. The van der Waals surface area contributed by atoms with Crippen molar-refractivity contribution in [2.24, 2.45) is 0 Å². The van der Waals surface area contributed by atoms with Crippen molar-refractivity contribution in [1.82, 2.24) is 14.6 Å². The highest BCUT2D eigenvalue weighted by molar-refractivity contribution is 7.15. The second-order valence-electron chi connectivity index (χ2n) is 6.29. The average molecular weight is 417 g/mol. The molecular weight excluding hydrogens is 398 g/mol. The number of fused-ring (bicyclic) bond motifs is 1. The number of hydrogen-bond acceptors (Lipinski definition) is 6. The molecule has 2 aromatic carbocycles. The smallest absolute Gasteiger partial charge is 0.291 e. The van der Waals surface area contributed by atoms with Crippen LogP contribution in [0.4, 0.5) is 0 Å². The number of ether oxygens (including phenoxy) is 2. The quantitative estimate of drug-likeness (QED) is 0.430. The lowest BCUT2D eigenvalue weighted by Crippen LogP contribution is -2.23. The van der Waals surface area contributed by atoms with E-state index in [4.69, 9.17) is 9.47 Å². The van der Waals surface area contributed by atoms with Crippen LogP contribution in [0.1, 0.15) is 5.56 Å². The van der Waals surface area contributed by atoms with Gasteiger partial charge in [-0.25, -0.2) is 0 Å². The van der Waals surface area contributed by atoms with Crippen molar-refractivity contribution in [2.45, 2.75) is 0 Å². The molecule has 0 atom stereocenters. The van der Waals surface area contributed by atoms with Crippen molar-refractivity contribution in [2.75, 3.05) is 13.7 Å². The van der Waals surface area contributed by atoms with Crippen LogP contribution < -0.4 is 19.6 Å². The van der Waals surface area contributed by atoms with Crippen LogP contribution in [0.3, 0.4) is 0 Å². The molecular formula is C23H19N3O3S. The average Bonchev–Trinajstić information content (AvgIpc) is 3.32. The molecule has 0 saturated carbocycles. The van der Waals surface area contributed by atoms with E-state index in [1.807, 2.05) is 60.7 Å². The normalized spacial score (nSPS) is 12.0. The van der Waals surface area contributed by atoms with Gasteiger partial charge in [0, 0.05) is 11.1 Å². The first-order valence-electron chi connectivity index (χ1n) is 9.24. The minimum Gasteiger partial charge on any atom is -0.496 e. The molecule has 0 saturated heterocycles. The lowest BCUT2D eigenvalue weighted by atomic mass is 10.2. The van der Waals surface area contributed by atoms with E-state index >= 15 is 0 Å². The van der Waals surface area contributed by atoms with Crippen LogP contribution in [0.15, 0.2) is 72.1 Å². The van der Waals surface area contributed by atoms with E-state index in [0.29, 0.717) is 21.9 Å². The van der Waals surface area contributed by atoms with Gasteiger partial charge < -0.3 is 9.47 Å². The predicted molar refractivity (Wildman–Crippen MR) is 120 cm³/mol. The molecule has 0 amide bonds. The highest BCUT2D eigenvalue weighted by Gasteiger charge is 2.11. The van der Waals surface area contributed by atoms with Crippen molar-refractivity contribution in [3.05, 3.63) is 87.7 Å². The molecule has 0 aliphatic rings. The van der Waals surface area contributed by atoms with E-state index in [1.54, 1.807) is 19.3 Å².